The van der Waals surface area contributed by atoms with Crippen LogP contribution in [-0.4, -0.2) is 21.5 Å². The summed E-state index contributed by atoms with van der Waals surface area (Å²) < 4.78 is 0. The number of benzene rings is 1. The Bertz CT molecular complexity index is 819. The SMILES string of the molecule is CCCCNc1nc2c([nH]1)c(N)nc1cccc(CC(C)C)c12. The number of imidazole rings is 1. The molecule has 1 aromatic carbocycles. The van der Waals surface area contributed by atoms with E-state index in [1.807, 2.05) is 12.1 Å². The van der Waals surface area contributed by atoms with E-state index < -0.39 is 0 Å². The van der Waals surface area contributed by atoms with Crippen LogP contribution < -0.4 is 11.1 Å². The molecule has 23 heavy (non-hydrogen) atoms. The van der Waals surface area contributed by atoms with Gasteiger partial charge in [0.25, 0.3) is 0 Å². The number of nitrogens with two attached hydrogens (primary N) is 1. The predicted molar refractivity (Wildman–Crippen MR) is 97.7 cm³/mol. The minimum atomic E-state index is 0.505. The summed E-state index contributed by atoms with van der Waals surface area (Å²) in [6.45, 7) is 7.53. The smallest absolute Gasteiger partial charge is 0.201 e. The second-order valence-electron chi connectivity index (χ2n) is 6.50. The molecule has 2 heterocycles. The molecule has 2 aromatic heterocycles. The Morgan fingerprint density at radius 2 is 2.09 bits per heavy atom. The van der Waals surface area contributed by atoms with Crippen LogP contribution in [0.4, 0.5) is 11.8 Å². The van der Waals surface area contributed by atoms with Crippen molar-refractivity contribution in [3.05, 3.63) is 23.8 Å². The zero-order valence-corrected chi connectivity index (χ0v) is 14.1. The average molecular weight is 311 g/mol. The summed E-state index contributed by atoms with van der Waals surface area (Å²) in [5.41, 5.74) is 10.1. The molecule has 4 N–H and O–H groups in total. The van der Waals surface area contributed by atoms with E-state index in [4.69, 9.17) is 10.7 Å². The van der Waals surface area contributed by atoms with E-state index in [0.29, 0.717) is 11.7 Å². The molecule has 0 fully saturated rings. The molecular weight excluding hydrogens is 286 g/mol. The lowest BCUT2D eigenvalue weighted by Gasteiger charge is -2.09. The standard InChI is InChI=1S/C18H25N5/c1-4-5-9-20-18-22-15-14-12(10-11(2)3)7-6-8-13(14)21-17(19)16(15)23-18/h6-8,11H,4-5,9-10H2,1-3H3,(H2,19,21)(H2,20,22,23). The first-order valence-electron chi connectivity index (χ1n) is 8.40. The number of nitrogens with one attached hydrogen (secondary N) is 2. The number of nitrogens with zero attached hydrogens (tertiary/aromatic N) is 2. The summed E-state index contributed by atoms with van der Waals surface area (Å²) in [7, 11) is 0. The molecule has 0 radical (unpaired) electrons. The Morgan fingerprint density at radius 1 is 1.26 bits per heavy atom. The molecule has 0 saturated heterocycles. The fourth-order valence-electron chi connectivity index (χ4n) is 2.96. The van der Waals surface area contributed by atoms with Gasteiger partial charge in [0.15, 0.2) is 0 Å². The van der Waals surface area contributed by atoms with Crippen LogP contribution in [0.5, 0.6) is 0 Å². The highest BCUT2D eigenvalue weighted by atomic mass is 15.1. The molecule has 0 amide bonds. The van der Waals surface area contributed by atoms with Crippen molar-refractivity contribution in [2.75, 3.05) is 17.6 Å². The number of H-pyrrole nitrogens is 1. The van der Waals surface area contributed by atoms with Gasteiger partial charge in [-0.1, -0.05) is 39.3 Å². The third kappa shape index (κ3) is 3.09. The molecule has 5 nitrogen and oxygen atoms in total. The number of nitrogen functional groups attached to an aromatic ring is 1. The number of rotatable bonds is 6. The minimum absolute atomic E-state index is 0.505. The summed E-state index contributed by atoms with van der Waals surface area (Å²) in [6, 6.07) is 6.22. The van der Waals surface area contributed by atoms with Crippen LogP contribution in [0.15, 0.2) is 18.2 Å². The number of anilines is 2. The third-order valence-electron chi connectivity index (χ3n) is 4.02. The normalized spacial score (nSPS) is 11.7. The number of aromatic amines is 1. The monoisotopic (exact) mass is 311 g/mol. The van der Waals surface area contributed by atoms with Crippen LogP contribution in [-0.2, 0) is 6.42 Å². The zero-order chi connectivity index (χ0) is 16.4. The molecule has 0 saturated carbocycles. The maximum atomic E-state index is 6.13. The topological polar surface area (TPSA) is 79.6 Å². The summed E-state index contributed by atoms with van der Waals surface area (Å²) in [4.78, 5) is 12.6. The first-order valence-corrected chi connectivity index (χ1v) is 8.40. The van der Waals surface area contributed by atoms with E-state index in [2.05, 4.69) is 42.1 Å². The molecule has 122 valence electrons. The molecule has 0 aliphatic rings. The minimum Gasteiger partial charge on any atom is -0.382 e. The molecule has 0 spiro atoms. The molecule has 0 unspecified atom stereocenters. The average Bonchev–Trinajstić information content (AvgIpc) is 2.91. The molecule has 3 aromatic rings. The largest absolute Gasteiger partial charge is 0.382 e. The predicted octanol–water partition coefficient (Wildman–Crippen LogP) is 4.10. The maximum absolute atomic E-state index is 6.13. The number of fused-ring (bicyclic) bond motifs is 3. The summed E-state index contributed by atoms with van der Waals surface area (Å²) in [5, 5.41) is 4.45. The third-order valence-corrected chi connectivity index (χ3v) is 4.02. The van der Waals surface area contributed by atoms with Crippen LogP contribution in [0, 0.1) is 5.92 Å². The van der Waals surface area contributed by atoms with Crippen molar-refractivity contribution in [2.24, 2.45) is 5.92 Å². The van der Waals surface area contributed by atoms with Crippen molar-refractivity contribution in [2.45, 2.75) is 40.0 Å². The molecule has 5 heteroatoms. The van der Waals surface area contributed by atoms with Crippen LogP contribution in [0.25, 0.3) is 21.9 Å². The fourth-order valence-corrected chi connectivity index (χ4v) is 2.96. The quantitative estimate of drug-likeness (QED) is 0.599. The van der Waals surface area contributed by atoms with Gasteiger partial charge in [-0.3, -0.25) is 0 Å². The van der Waals surface area contributed by atoms with Gasteiger partial charge >= 0.3 is 0 Å². The van der Waals surface area contributed by atoms with E-state index in [0.717, 1.165) is 53.7 Å². The van der Waals surface area contributed by atoms with Gasteiger partial charge in [0.05, 0.1) is 5.52 Å². The van der Waals surface area contributed by atoms with Gasteiger partial charge in [-0.2, -0.15) is 0 Å². The Labute approximate surface area is 136 Å². The Balaban J connectivity index is 2.15. The molecule has 0 aliphatic carbocycles. The summed E-state index contributed by atoms with van der Waals surface area (Å²) in [5.74, 6) is 1.85. The van der Waals surface area contributed by atoms with E-state index >= 15 is 0 Å². The molecular formula is C18H25N5. The van der Waals surface area contributed by atoms with Gasteiger partial charge in [0.1, 0.15) is 16.9 Å². The molecule has 0 aliphatic heterocycles. The summed E-state index contributed by atoms with van der Waals surface area (Å²) >= 11 is 0. The van der Waals surface area contributed by atoms with Crippen molar-refractivity contribution in [1.29, 1.82) is 0 Å². The van der Waals surface area contributed by atoms with E-state index in [1.165, 1.54) is 5.56 Å². The number of hydrogen-bond donors (Lipinski definition) is 3. The molecule has 3 rings (SSSR count). The van der Waals surface area contributed by atoms with Gasteiger partial charge in [0.2, 0.25) is 5.95 Å². The Morgan fingerprint density at radius 3 is 2.83 bits per heavy atom. The lowest BCUT2D eigenvalue weighted by molar-refractivity contribution is 0.650. The second kappa shape index (κ2) is 6.44. The first kappa shape index (κ1) is 15.6. The highest BCUT2D eigenvalue weighted by molar-refractivity contribution is 6.08. The Hall–Kier alpha value is -2.30. The van der Waals surface area contributed by atoms with Gasteiger partial charge < -0.3 is 16.0 Å². The van der Waals surface area contributed by atoms with Crippen LogP contribution in [0.2, 0.25) is 0 Å². The van der Waals surface area contributed by atoms with Crippen molar-refractivity contribution >= 4 is 33.7 Å². The van der Waals surface area contributed by atoms with Crippen LogP contribution in [0.1, 0.15) is 39.2 Å². The lowest BCUT2D eigenvalue weighted by atomic mass is 9.98. The van der Waals surface area contributed by atoms with E-state index in [1.54, 1.807) is 0 Å². The lowest BCUT2D eigenvalue weighted by Crippen LogP contribution is -2.01. The fraction of sp³-hybridized carbons (Fsp3) is 0.444. The zero-order valence-electron chi connectivity index (χ0n) is 14.1. The number of pyridine rings is 1. The number of aromatic nitrogens is 3. The van der Waals surface area contributed by atoms with Gasteiger partial charge in [0, 0.05) is 11.9 Å². The van der Waals surface area contributed by atoms with E-state index in [-0.39, 0.29) is 0 Å². The molecule has 0 bridgehead atoms. The number of unbranched alkanes of at least 4 members (excludes halogenated alkanes) is 1. The van der Waals surface area contributed by atoms with Crippen molar-refractivity contribution in [3.8, 4) is 0 Å². The molecule has 0 atom stereocenters. The van der Waals surface area contributed by atoms with Crippen molar-refractivity contribution in [1.82, 2.24) is 15.0 Å². The van der Waals surface area contributed by atoms with E-state index in [9.17, 15) is 0 Å². The van der Waals surface area contributed by atoms with Gasteiger partial charge in [-0.15, -0.1) is 0 Å². The van der Waals surface area contributed by atoms with Crippen molar-refractivity contribution in [3.63, 3.8) is 0 Å². The van der Waals surface area contributed by atoms with Crippen molar-refractivity contribution < 1.29 is 0 Å². The van der Waals surface area contributed by atoms with Gasteiger partial charge in [-0.25, -0.2) is 9.97 Å². The highest BCUT2D eigenvalue weighted by Gasteiger charge is 2.15. The maximum Gasteiger partial charge on any atom is 0.201 e. The Kier molecular flexibility index (Phi) is 4.37. The highest BCUT2D eigenvalue weighted by Crippen LogP contribution is 2.30. The van der Waals surface area contributed by atoms with Gasteiger partial charge in [-0.05, 0) is 30.4 Å². The summed E-state index contributed by atoms with van der Waals surface area (Å²) in [6.07, 6.45) is 3.27. The second-order valence-corrected chi connectivity index (χ2v) is 6.50. The first-order chi connectivity index (χ1) is 11.1. The number of hydrogen-bond acceptors (Lipinski definition) is 4. The van der Waals surface area contributed by atoms with Crippen LogP contribution >= 0.6 is 0 Å². The van der Waals surface area contributed by atoms with Crippen LogP contribution in [0.3, 0.4) is 0 Å².